The Labute approximate surface area is 569 Å². The lowest BCUT2D eigenvalue weighted by Crippen LogP contribution is -2.54. The van der Waals surface area contributed by atoms with E-state index in [0.29, 0.717) is 154 Å². The first kappa shape index (κ1) is 75.8. The topological polar surface area (TPSA) is 339 Å². The Morgan fingerprint density at radius 2 is 0.745 bits per heavy atom. The summed E-state index contributed by atoms with van der Waals surface area (Å²) in [6, 6.07) is 22.0. The molecule has 3 aromatic heterocycles. The molecular weight excluding hydrogens is 1260 g/mol. The van der Waals surface area contributed by atoms with Crippen LogP contribution in [0.2, 0.25) is 0 Å². The van der Waals surface area contributed by atoms with E-state index in [1.54, 1.807) is 12.1 Å². The number of hydrogen-bond acceptors (Lipinski definition) is 20. The van der Waals surface area contributed by atoms with Crippen molar-refractivity contribution in [2.45, 2.75) is 175 Å². The number of amides is 3. The Balaban J connectivity index is 0.794. The molecule has 4 aromatic carbocycles. The van der Waals surface area contributed by atoms with E-state index >= 15 is 0 Å². The van der Waals surface area contributed by atoms with Gasteiger partial charge in [0.2, 0.25) is 0 Å². The van der Waals surface area contributed by atoms with Crippen molar-refractivity contribution in [1.82, 2.24) is 64.5 Å². The molecule has 0 spiro atoms. The van der Waals surface area contributed by atoms with E-state index < -0.39 is 58.1 Å². The third kappa shape index (κ3) is 23.3. The van der Waals surface area contributed by atoms with E-state index in [-0.39, 0.29) is 77.0 Å². The lowest BCUT2D eigenvalue weighted by Gasteiger charge is -2.23. The lowest BCUT2D eigenvalue weighted by molar-refractivity contribution is -0.145. The van der Waals surface area contributed by atoms with Gasteiger partial charge in [-0.15, -0.1) is 30.0 Å². The highest BCUT2D eigenvalue weighted by atomic mass is 16.6. The van der Waals surface area contributed by atoms with Gasteiger partial charge in [-0.3, -0.25) is 9.59 Å². The second kappa shape index (κ2) is 37.2. The van der Waals surface area contributed by atoms with E-state index in [2.05, 4.69) is 36.3 Å². The number of likely N-dealkylation sites (N-methyl/N-ethyl adjacent to an activating group) is 1. The van der Waals surface area contributed by atoms with E-state index in [9.17, 15) is 48.6 Å². The zero-order chi connectivity index (χ0) is 70.8. The molecule has 7 rings (SSSR count). The predicted octanol–water partition coefficient (Wildman–Crippen LogP) is 8.42. The van der Waals surface area contributed by atoms with Crippen LogP contribution in [-0.2, 0) is 76.6 Å². The molecule has 3 amide bonds. The molecular formula is C70H97N13O15. The van der Waals surface area contributed by atoms with Crippen LogP contribution in [0.1, 0.15) is 154 Å². The average Bonchev–Trinajstić information content (AvgIpc) is 1.42. The number of fused-ring (bicyclic) bond motifs is 2. The highest BCUT2D eigenvalue weighted by Gasteiger charge is 2.26. The van der Waals surface area contributed by atoms with E-state index in [1.165, 1.54) is 9.59 Å². The Bertz CT molecular complexity index is 3690. The quantitative estimate of drug-likeness (QED) is 0.0138. The molecule has 0 aliphatic heterocycles. The SMILES string of the molecule is CN(C)CCOC(=O)NCCCCCCn1c(=O)n(CCCCCCNC(=O)OCCOC(=O)CCc2cc(-n3nc4ccccc4n3)c(O)c(C(C)(C)C)c2)c(=O)n(CCCCCCNC(=O)OCCOC(=O)CCc2cc(-n3nc4ccccc4n3)c(O)c(C(C)(C)C)c2)c1=O. The van der Waals surface area contributed by atoms with Crippen molar-refractivity contribution >= 4 is 52.3 Å². The van der Waals surface area contributed by atoms with E-state index in [0.717, 1.165) is 31.2 Å². The van der Waals surface area contributed by atoms with E-state index in [1.807, 2.05) is 121 Å². The number of carbonyl (C=O) groups excluding carboxylic acids is 5. The number of rotatable bonds is 38. The highest BCUT2D eigenvalue weighted by molar-refractivity contribution is 5.75. The summed E-state index contributed by atoms with van der Waals surface area (Å²) >= 11 is 0. The maximum Gasteiger partial charge on any atom is 0.407 e. The van der Waals surface area contributed by atoms with Gasteiger partial charge in [-0.1, -0.05) is 116 Å². The molecule has 0 aliphatic rings. The fourth-order valence-electron chi connectivity index (χ4n) is 10.8. The minimum atomic E-state index is -0.692. The predicted molar refractivity (Wildman–Crippen MR) is 368 cm³/mol. The van der Waals surface area contributed by atoms with Crippen LogP contribution < -0.4 is 33.0 Å². The van der Waals surface area contributed by atoms with Gasteiger partial charge in [0.25, 0.3) is 0 Å². The Kier molecular flexibility index (Phi) is 28.8. The number of phenolic OH excluding ortho intramolecular Hbond substituents is 2. The molecule has 98 heavy (non-hydrogen) atoms. The number of unbranched alkanes of at least 4 members (excludes halogenated alkanes) is 9. The largest absolute Gasteiger partial charge is 0.505 e. The molecule has 5 N–H and O–H groups in total. The molecule has 0 saturated heterocycles. The van der Waals surface area contributed by atoms with Gasteiger partial charge in [0.1, 0.15) is 78.0 Å². The number of nitrogens with zero attached hydrogens (tertiary/aromatic N) is 10. The monoisotopic (exact) mass is 1360 g/mol. The first-order valence-corrected chi connectivity index (χ1v) is 33.9. The Morgan fingerprint density at radius 3 is 1.06 bits per heavy atom. The van der Waals surface area contributed by atoms with Crippen LogP contribution in [0.15, 0.2) is 87.2 Å². The fourth-order valence-corrected chi connectivity index (χ4v) is 10.8. The number of aromatic nitrogens is 9. The highest BCUT2D eigenvalue weighted by Crippen LogP contribution is 2.38. The first-order valence-electron chi connectivity index (χ1n) is 33.9. The van der Waals surface area contributed by atoms with Crippen LogP contribution >= 0.6 is 0 Å². The van der Waals surface area contributed by atoms with Crippen molar-refractivity contribution in [1.29, 1.82) is 0 Å². The normalized spacial score (nSPS) is 11.7. The smallest absolute Gasteiger partial charge is 0.407 e. The zero-order valence-corrected chi connectivity index (χ0v) is 57.9. The zero-order valence-electron chi connectivity index (χ0n) is 57.9. The van der Waals surface area contributed by atoms with Crippen LogP contribution in [0.3, 0.4) is 0 Å². The van der Waals surface area contributed by atoms with Gasteiger partial charge in [0.15, 0.2) is 0 Å². The number of nitrogens with one attached hydrogen (secondary N) is 3. The number of alkyl carbamates (subject to hydrolysis) is 3. The van der Waals surface area contributed by atoms with Crippen molar-refractivity contribution in [2.24, 2.45) is 0 Å². The summed E-state index contributed by atoms with van der Waals surface area (Å²) in [5.74, 6) is -0.865. The number of phenols is 2. The van der Waals surface area contributed by atoms with Crippen molar-refractivity contribution in [2.75, 3.05) is 73.3 Å². The third-order valence-corrected chi connectivity index (χ3v) is 16.2. The number of ether oxygens (including phenoxy) is 5. The first-order chi connectivity index (χ1) is 46.9. The molecule has 7 aromatic rings. The molecule has 0 aliphatic carbocycles. The molecule has 0 bridgehead atoms. The van der Waals surface area contributed by atoms with Crippen molar-refractivity contribution in [3.05, 3.63) is 127 Å². The summed E-state index contributed by atoms with van der Waals surface area (Å²) < 4.78 is 29.6. The van der Waals surface area contributed by atoms with Crippen LogP contribution in [0.5, 0.6) is 11.5 Å². The molecule has 0 saturated carbocycles. The summed E-state index contributed by atoms with van der Waals surface area (Å²) in [6.07, 6.45) is 5.96. The van der Waals surface area contributed by atoms with Gasteiger partial charge in [0, 0.05) is 69.8 Å². The van der Waals surface area contributed by atoms with Crippen LogP contribution in [0.4, 0.5) is 14.4 Å². The Hall–Kier alpha value is -9.60. The standard InChI is InChI=1S/C70H97N13O15/c1-69(2,3)51-45-49(47-57(61(51)86)82-74-53-25-15-16-26-54(53)75-82)29-31-59(84)94-41-43-97-64(89)72-34-20-10-13-23-37-80-66(91)79(36-22-12-9-19-33-71-63(88)96-40-39-78(7)8)67(92)81(68(80)93)38-24-14-11-21-35-73-65(90)98-44-42-95-60(85)32-30-50-46-52(70(4,5)6)62(87)58(48-50)83-76-55-27-17-18-28-56(55)77-83/h15-18,25-28,45-48,86-87H,9-14,19-24,29-44H2,1-8H3,(H,71,88)(H,72,89)(H,73,90). The van der Waals surface area contributed by atoms with Crippen LogP contribution in [0, 0.1) is 0 Å². The minimum absolute atomic E-state index is 0.0406. The fraction of sp³-hybridized carbons (Fsp3) is 0.543. The number of benzene rings is 4. The van der Waals surface area contributed by atoms with Gasteiger partial charge >= 0.3 is 47.3 Å². The van der Waals surface area contributed by atoms with Crippen LogP contribution in [0.25, 0.3) is 33.4 Å². The Morgan fingerprint density at radius 1 is 0.439 bits per heavy atom. The average molecular weight is 1360 g/mol. The summed E-state index contributed by atoms with van der Waals surface area (Å²) in [6.45, 7) is 13.4. The van der Waals surface area contributed by atoms with Gasteiger partial charge in [-0.2, -0.15) is 0 Å². The van der Waals surface area contributed by atoms with Crippen LogP contribution in [-0.4, -0.2) is 162 Å². The van der Waals surface area contributed by atoms with Crippen molar-refractivity contribution in [3.63, 3.8) is 0 Å². The molecule has 0 unspecified atom stereocenters. The summed E-state index contributed by atoms with van der Waals surface area (Å²) in [5, 5.41) is 48.8. The molecule has 0 atom stereocenters. The summed E-state index contributed by atoms with van der Waals surface area (Å²) in [7, 11) is 3.77. The molecule has 532 valence electrons. The maximum absolute atomic E-state index is 13.8. The number of carbonyl (C=O) groups is 5. The maximum atomic E-state index is 13.8. The number of esters is 2. The van der Waals surface area contributed by atoms with E-state index in [4.69, 9.17) is 23.7 Å². The molecule has 0 radical (unpaired) electrons. The minimum Gasteiger partial charge on any atom is -0.505 e. The summed E-state index contributed by atoms with van der Waals surface area (Å²) in [5.41, 5.74) is 3.51. The van der Waals surface area contributed by atoms with Crippen molar-refractivity contribution < 1.29 is 57.9 Å². The van der Waals surface area contributed by atoms with Gasteiger partial charge < -0.3 is 54.7 Å². The number of aromatic hydroxyl groups is 2. The number of hydrogen-bond donors (Lipinski definition) is 5. The number of aryl methyl sites for hydroxylation is 2. The van der Waals surface area contributed by atoms with Gasteiger partial charge in [-0.25, -0.2) is 42.5 Å². The molecule has 0 fully saturated rings. The lowest BCUT2D eigenvalue weighted by atomic mass is 9.84. The molecule has 3 heterocycles. The second-order valence-electron chi connectivity index (χ2n) is 26.5. The third-order valence-electron chi connectivity index (χ3n) is 16.2. The van der Waals surface area contributed by atoms with Gasteiger partial charge in [0.05, 0.1) is 0 Å². The molecule has 28 nitrogen and oxygen atoms in total. The summed E-state index contributed by atoms with van der Waals surface area (Å²) in [4.78, 5) is 109. The van der Waals surface area contributed by atoms with Gasteiger partial charge in [-0.05, 0) is 124 Å². The second-order valence-corrected chi connectivity index (χ2v) is 26.5. The molecule has 28 heteroatoms. The van der Waals surface area contributed by atoms with Crippen molar-refractivity contribution in [3.8, 4) is 22.9 Å².